The molecule has 33 heavy (non-hydrogen) atoms. The van der Waals surface area contributed by atoms with Gasteiger partial charge in [0.1, 0.15) is 0 Å². The standard InChI is InChI=1S/C23H22Cl2N2O5S/c1-31-21-11-10-18(13-22(21)32-2)26-23(28)15-27(14-16-8-9-17(24)12-20(16)25)33(29,30)19-6-4-3-5-7-19/h3-13H,14-15H2,1-2H3,(H,26,28). The van der Waals surface area contributed by atoms with Crippen LogP contribution in [0, 0.1) is 0 Å². The van der Waals surface area contributed by atoms with Crippen LogP contribution in [0.15, 0.2) is 71.6 Å². The first-order valence-electron chi connectivity index (χ1n) is 9.75. The molecule has 0 aliphatic heterocycles. The van der Waals surface area contributed by atoms with Crippen LogP contribution in [-0.2, 0) is 21.4 Å². The molecule has 0 aliphatic carbocycles. The van der Waals surface area contributed by atoms with Crippen molar-refractivity contribution < 1.29 is 22.7 Å². The molecule has 0 saturated heterocycles. The highest BCUT2D eigenvalue weighted by Crippen LogP contribution is 2.30. The Kier molecular flexibility index (Phi) is 8.20. The van der Waals surface area contributed by atoms with Gasteiger partial charge in [0.15, 0.2) is 11.5 Å². The second-order valence-electron chi connectivity index (χ2n) is 6.94. The molecule has 3 rings (SSSR count). The Morgan fingerprint density at radius 2 is 1.64 bits per heavy atom. The first-order valence-corrected chi connectivity index (χ1v) is 11.9. The Morgan fingerprint density at radius 3 is 2.27 bits per heavy atom. The van der Waals surface area contributed by atoms with Crippen LogP contribution in [0.2, 0.25) is 10.0 Å². The van der Waals surface area contributed by atoms with Crippen LogP contribution in [0.4, 0.5) is 5.69 Å². The molecule has 10 heteroatoms. The minimum atomic E-state index is -4.00. The Hall–Kier alpha value is -2.78. The number of carbonyl (C=O) groups is 1. The highest BCUT2D eigenvalue weighted by Gasteiger charge is 2.27. The zero-order valence-electron chi connectivity index (χ0n) is 17.9. The van der Waals surface area contributed by atoms with Crippen molar-refractivity contribution in [3.05, 3.63) is 82.3 Å². The van der Waals surface area contributed by atoms with Gasteiger partial charge < -0.3 is 14.8 Å². The number of hydrogen-bond acceptors (Lipinski definition) is 5. The fraction of sp³-hybridized carbons (Fsp3) is 0.174. The lowest BCUT2D eigenvalue weighted by atomic mass is 10.2. The number of carbonyl (C=O) groups excluding carboxylic acids is 1. The summed E-state index contributed by atoms with van der Waals surface area (Å²) < 4.78 is 38.2. The molecule has 174 valence electrons. The number of nitrogens with one attached hydrogen (secondary N) is 1. The number of amides is 1. The first-order chi connectivity index (χ1) is 15.7. The van der Waals surface area contributed by atoms with Crippen LogP contribution in [0.3, 0.4) is 0 Å². The van der Waals surface area contributed by atoms with E-state index in [1.165, 1.54) is 32.4 Å². The summed E-state index contributed by atoms with van der Waals surface area (Å²) in [6.07, 6.45) is 0. The molecular weight excluding hydrogens is 487 g/mol. The van der Waals surface area contributed by atoms with E-state index in [1.54, 1.807) is 48.5 Å². The molecule has 0 atom stereocenters. The molecule has 0 unspecified atom stereocenters. The van der Waals surface area contributed by atoms with Crippen molar-refractivity contribution in [2.45, 2.75) is 11.4 Å². The summed E-state index contributed by atoms with van der Waals surface area (Å²) in [5.41, 5.74) is 0.943. The zero-order valence-corrected chi connectivity index (χ0v) is 20.2. The van der Waals surface area contributed by atoms with Crippen molar-refractivity contribution in [3.63, 3.8) is 0 Å². The molecule has 0 bridgehead atoms. The Labute approximate surface area is 202 Å². The van der Waals surface area contributed by atoms with Gasteiger partial charge in [0.05, 0.1) is 25.7 Å². The number of rotatable bonds is 9. The summed E-state index contributed by atoms with van der Waals surface area (Å²) in [6, 6.07) is 17.5. The fourth-order valence-electron chi connectivity index (χ4n) is 3.08. The predicted molar refractivity (Wildman–Crippen MR) is 129 cm³/mol. The summed E-state index contributed by atoms with van der Waals surface area (Å²) in [5, 5.41) is 3.42. The summed E-state index contributed by atoms with van der Waals surface area (Å²) in [6.45, 7) is -0.558. The molecular formula is C23H22Cl2N2O5S. The number of anilines is 1. The van der Waals surface area contributed by atoms with E-state index >= 15 is 0 Å². The maximum atomic E-state index is 13.3. The van der Waals surface area contributed by atoms with E-state index < -0.39 is 22.5 Å². The van der Waals surface area contributed by atoms with E-state index in [0.29, 0.717) is 32.8 Å². The Bertz CT molecular complexity index is 1240. The minimum Gasteiger partial charge on any atom is -0.493 e. The van der Waals surface area contributed by atoms with Gasteiger partial charge >= 0.3 is 0 Å². The van der Waals surface area contributed by atoms with Crippen molar-refractivity contribution in [3.8, 4) is 11.5 Å². The van der Waals surface area contributed by atoms with Crippen molar-refractivity contribution in [2.24, 2.45) is 0 Å². The molecule has 1 N–H and O–H groups in total. The largest absolute Gasteiger partial charge is 0.493 e. The molecule has 0 radical (unpaired) electrons. The van der Waals surface area contributed by atoms with Gasteiger partial charge in [-0.05, 0) is 42.0 Å². The number of methoxy groups -OCH3 is 2. The fourth-order valence-corrected chi connectivity index (χ4v) is 4.95. The predicted octanol–water partition coefficient (Wildman–Crippen LogP) is 4.84. The smallest absolute Gasteiger partial charge is 0.243 e. The second-order valence-corrected chi connectivity index (χ2v) is 9.72. The quantitative estimate of drug-likeness (QED) is 0.446. The molecule has 0 heterocycles. The third-order valence-electron chi connectivity index (χ3n) is 4.73. The topological polar surface area (TPSA) is 84.9 Å². The van der Waals surface area contributed by atoms with Gasteiger partial charge in [-0.15, -0.1) is 0 Å². The van der Waals surface area contributed by atoms with Crippen molar-refractivity contribution in [1.29, 1.82) is 0 Å². The van der Waals surface area contributed by atoms with Gasteiger partial charge in [0.2, 0.25) is 15.9 Å². The maximum absolute atomic E-state index is 13.3. The average molecular weight is 509 g/mol. The lowest BCUT2D eigenvalue weighted by Gasteiger charge is -2.22. The van der Waals surface area contributed by atoms with Gasteiger partial charge in [0.25, 0.3) is 0 Å². The number of nitrogens with zero attached hydrogens (tertiary/aromatic N) is 1. The minimum absolute atomic E-state index is 0.0639. The number of sulfonamides is 1. The van der Waals surface area contributed by atoms with E-state index in [-0.39, 0.29) is 11.4 Å². The number of ether oxygens (including phenoxy) is 2. The lowest BCUT2D eigenvalue weighted by molar-refractivity contribution is -0.116. The highest BCUT2D eigenvalue weighted by atomic mass is 35.5. The molecule has 0 saturated carbocycles. The first kappa shape index (κ1) is 24.9. The van der Waals surface area contributed by atoms with Crippen LogP contribution >= 0.6 is 23.2 Å². The summed E-state index contributed by atoms with van der Waals surface area (Å²) in [5.74, 6) is 0.394. The van der Waals surface area contributed by atoms with Gasteiger partial charge in [-0.1, -0.05) is 47.5 Å². The summed E-state index contributed by atoms with van der Waals surface area (Å²) >= 11 is 12.2. The van der Waals surface area contributed by atoms with E-state index in [4.69, 9.17) is 32.7 Å². The van der Waals surface area contributed by atoms with Gasteiger partial charge in [-0.3, -0.25) is 4.79 Å². The van der Waals surface area contributed by atoms with Gasteiger partial charge in [-0.2, -0.15) is 4.31 Å². The molecule has 7 nitrogen and oxygen atoms in total. The number of halogens is 2. The van der Waals surface area contributed by atoms with Crippen LogP contribution < -0.4 is 14.8 Å². The SMILES string of the molecule is COc1ccc(NC(=O)CN(Cc2ccc(Cl)cc2Cl)S(=O)(=O)c2ccccc2)cc1OC. The summed E-state index contributed by atoms with van der Waals surface area (Å²) in [4.78, 5) is 12.9. The van der Waals surface area contributed by atoms with Crippen LogP contribution in [0.1, 0.15) is 5.56 Å². The maximum Gasteiger partial charge on any atom is 0.243 e. The summed E-state index contributed by atoms with van der Waals surface area (Å²) in [7, 11) is -1.02. The van der Waals surface area contributed by atoms with Gasteiger partial charge in [0, 0.05) is 28.3 Å². The van der Waals surface area contributed by atoms with Crippen molar-refractivity contribution in [1.82, 2.24) is 4.31 Å². The third-order valence-corrected chi connectivity index (χ3v) is 7.12. The second kappa shape index (κ2) is 10.9. The highest BCUT2D eigenvalue weighted by molar-refractivity contribution is 7.89. The van der Waals surface area contributed by atoms with Crippen LogP contribution in [0.5, 0.6) is 11.5 Å². The van der Waals surface area contributed by atoms with Crippen molar-refractivity contribution >= 4 is 44.8 Å². The molecule has 3 aromatic rings. The molecule has 1 amide bonds. The normalized spacial score (nSPS) is 11.3. The van der Waals surface area contributed by atoms with Crippen LogP contribution in [0.25, 0.3) is 0 Å². The molecule has 0 aromatic heterocycles. The third kappa shape index (κ3) is 6.17. The molecule has 3 aromatic carbocycles. The van der Waals surface area contributed by atoms with Crippen molar-refractivity contribution in [2.75, 3.05) is 26.1 Å². The number of benzene rings is 3. The van der Waals surface area contributed by atoms with E-state index in [9.17, 15) is 13.2 Å². The average Bonchev–Trinajstić information content (AvgIpc) is 2.80. The number of hydrogen-bond donors (Lipinski definition) is 1. The molecule has 0 spiro atoms. The Morgan fingerprint density at radius 1 is 0.939 bits per heavy atom. The van der Waals surface area contributed by atoms with E-state index in [0.717, 1.165) is 4.31 Å². The Balaban J connectivity index is 1.88. The monoisotopic (exact) mass is 508 g/mol. The van der Waals surface area contributed by atoms with Gasteiger partial charge in [-0.25, -0.2) is 8.42 Å². The lowest BCUT2D eigenvalue weighted by Crippen LogP contribution is -2.37. The van der Waals surface area contributed by atoms with E-state index in [2.05, 4.69) is 5.32 Å². The zero-order chi connectivity index (χ0) is 24.0. The van der Waals surface area contributed by atoms with Crippen LogP contribution in [-0.4, -0.2) is 39.4 Å². The molecule has 0 fully saturated rings. The van der Waals surface area contributed by atoms with E-state index in [1.807, 2.05) is 0 Å². The molecule has 0 aliphatic rings.